The molecule has 1 saturated carbocycles. The minimum Gasteiger partial charge on any atom is -0.481 e. The van der Waals surface area contributed by atoms with E-state index in [1.807, 2.05) is 12.1 Å². The zero-order chi connectivity index (χ0) is 11.4. The number of methoxy groups -OCH3 is 1. The van der Waals surface area contributed by atoms with Gasteiger partial charge >= 0.3 is 0 Å². The normalized spacial score (nSPS) is 23.8. The molecule has 4 heteroatoms. The number of nitriles is 1. The maximum Gasteiger partial charge on any atom is 0.213 e. The molecule has 4 nitrogen and oxygen atoms in total. The summed E-state index contributed by atoms with van der Waals surface area (Å²) in [4.78, 5) is 4.12. The fourth-order valence-electron chi connectivity index (χ4n) is 2.09. The van der Waals surface area contributed by atoms with Crippen molar-refractivity contribution in [3.63, 3.8) is 0 Å². The van der Waals surface area contributed by atoms with Crippen LogP contribution in [0.3, 0.4) is 0 Å². The Bertz CT molecular complexity index is 382. The summed E-state index contributed by atoms with van der Waals surface area (Å²) in [7, 11) is 1.60. The van der Waals surface area contributed by atoms with E-state index >= 15 is 0 Å². The molecule has 1 aliphatic carbocycles. The van der Waals surface area contributed by atoms with E-state index in [9.17, 15) is 0 Å². The van der Waals surface area contributed by atoms with Gasteiger partial charge in [0.15, 0.2) is 0 Å². The summed E-state index contributed by atoms with van der Waals surface area (Å²) < 4.78 is 4.99. The first-order chi connectivity index (χ1) is 7.83. The SMILES string of the molecule is COc1ccc(NC2CCCC2C#N)cn1. The first-order valence-electron chi connectivity index (χ1n) is 5.49. The van der Waals surface area contributed by atoms with Gasteiger partial charge in [-0.3, -0.25) is 0 Å². The topological polar surface area (TPSA) is 57.9 Å². The fourth-order valence-corrected chi connectivity index (χ4v) is 2.09. The predicted molar refractivity (Wildman–Crippen MR) is 61.2 cm³/mol. The zero-order valence-corrected chi connectivity index (χ0v) is 9.31. The number of aromatic nitrogens is 1. The van der Waals surface area contributed by atoms with Crippen LogP contribution in [0.4, 0.5) is 5.69 Å². The van der Waals surface area contributed by atoms with Crippen molar-refractivity contribution in [1.82, 2.24) is 4.98 Å². The van der Waals surface area contributed by atoms with Gasteiger partial charge in [0.1, 0.15) is 0 Å². The molecule has 84 valence electrons. The van der Waals surface area contributed by atoms with Crippen molar-refractivity contribution in [1.29, 1.82) is 5.26 Å². The average Bonchev–Trinajstić information content (AvgIpc) is 2.77. The van der Waals surface area contributed by atoms with Crippen molar-refractivity contribution in [2.75, 3.05) is 12.4 Å². The molecule has 16 heavy (non-hydrogen) atoms. The summed E-state index contributed by atoms with van der Waals surface area (Å²) in [6, 6.07) is 6.36. The maximum absolute atomic E-state index is 8.97. The first-order valence-corrected chi connectivity index (χ1v) is 5.49. The second-order valence-corrected chi connectivity index (χ2v) is 4.01. The van der Waals surface area contributed by atoms with E-state index in [-0.39, 0.29) is 12.0 Å². The van der Waals surface area contributed by atoms with Crippen LogP contribution in [0.25, 0.3) is 0 Å². The lowest BCUT2D eigenvalue weighted by Gasteiger charge is -2.16. The van der Waals surface area contributed by atoms with Crippen molar-refractivity contribution in [3.05, 3.63) is 18.3 Å². The molecule has 0 saturated heterocycles. The van der Waals surface area contributed by atoms with Gasteiger partial charge < -0.3 is 10.1 Å². The molecule has 0 aromatic carbocycles. The highest BCUT2D eigenvalue weighted by Crippen LogP contribution is 2.27. The van der Waals surface area contributed by atoms with Crippen molar-refractivity contribution in [2.24, 2.45) is 5.92 Å². The predicted octanol–water partition coefficient (Wildman–Crippen LogP) is 2.19. The highest BCUT2D eigenvalue weighted by atomic mass is 16.5. The van der Waals surface area contributed by atoms with Crippen molar-refractivity contribution < 1.29 is 4.74 Å². The van der Waals surface area contributed by atoms with E-state index < -0.39 is 0 Å². The molecule has 0 aliphatic heterocycles. The summed E-state index contributed by atoms with van der Waals surface area (Å²) >= 11 is 0. The molecule has 2 atom stereocenters. The molecule has 1 heterocycles. The van der Waals surface area contributed by atoms with Crippen LogP contribution in [-0.2, 0) is 0 Å². The van der Waals surface area contributed by atoms with Gasteiger partial charge in [0, 0.05) is 12.1 Å². The van der Waals surface area contributed by atoms with Gasteiger partial charge in [-0.1, -0.05) is 0 Å². The first kappa shape index (κ1) is 10.7. The van der Waals surface area contributed by atoms with Gasteiger partial charge in [0.05, 0.1) is 31.0 Å². The number of hydrogen-bond donors (Lipinski definition) is 1. The maximum atomic E-state index is 8.97. The van der Waals surface area contributed by atoms with E-state index in [2.05, 4.69) is 16.4 Å². The van der Waals surface area contributed by atoms with Crippen LogP contribution in [0.5, 0.6) is 5.88 Å². The molecule has 0 radical (unpaired) electrons. The van der Waals surface area contributed by atoms with Crippen molar-refractivity contribution >= 4 is 5.69 Å². The minimum atomic E-state index is 0.127. The third kappa shape index (κ3) is 2.25. The average molecular weight is 217 g/mol. The van der Waals surface area contributed by atoms with Gasteiger partial charge in [-0.05, 0) is 25.3 Å². The molecular weight excluding hydrogens is 202 g/mol. The standard InChI is InChI=1S/C12H15N3O/c1-16-12-6-5-10(8-14-12)15-11-4-2-3-9(11)7-13/h5-6,8-9,11,15H,2-4H2,1H3. The molecule has 0 spiro atoms. The number of rotatable bonds is 3. The van der Waals surface area contributed by atoms with Crippen LogP contribution in [0.2, 0.25) is 0 Å². The lowest BCUT2D eigenvalue weighted by molar-refractivity contribution is 0.398. The number of ether oxygens (including phenoxy) is 1. The number of anilines is 1. The van der Waals surface area contributed by atoms with E-state index in [1.165, 1.54) is 0 Å². The summed E-state index contributed by atoms with van der Waals surface area (Å²) in [5.74, 6) is 0.732. The third-order valence-corrected chi connectivity index (χ3v) is 2.98. The van der Waals surface area contributed by atoms with Crippen molar-refractivity contribution in [3.8, 4) is 11.9 Å². The molecule has 1 aliphatic rings. The second-order valence-electron chi connectivity index (χ2n) is 4.01. The summed E-state index contributed by atoms with van der Waals surface area (Å²) in [6.07, 6.45) is 4.92. The van der Waals surface area contributed by atoms with Gasteiger partial charge in [-0.25, -0.2) is 4.98 Å². The van der Waals surface area contributed by atoms with Crippen molar-refractivity contribution in [2.45, 2.75) is 25.3 Å². The van der Waals surface area contributed by atoms with Gasteiger partial charge in [-0.2, -0.15) is 5.26 Å². The van der Waals surface area contributed by atoms with E-state index in [0.717, 1.165) is 24.9 Å². The molecular formula is C12H15N3O. The molecule has 1 aromatic heterocycles. The van der Waals surface area contributed by atoms with Gasteiger partial charge in [0.25, 0.3) is 0 Å². The number of hydrogen-bond acceptors (Lipinski definition) is 4. The highest BCUT2D eigenvalue weighted by Gasteiger charge is 2.26. The Kier molecular flexibility index (Phi) is 3.25. The Morgan fingerprint density at radius 1 is 1.50 bits per heavy atom. The van der Waals surface area contributed by atoms with E-state index in [0.29, 0.717) is 5.88 Å². The molecule has 0 amide bonds. The highest BCUT2D eigenvalue weighted by molar-refractivity contribution is 5.43. The van der Waals surface area contributed by atoms with E-state index in [1.54, 1.807) is 13.3 Å². The molecule has 2 unspecified atom stereocenters. The van der Waals surface area contributed by atoms with Crippen LogP contribution >= 0.6 is 0 Å². The lowest BCUT2D eigenvalue weighted by atomic mass is 10.1. The zero-order valence-electron chi connectivity index (χ0n) is 9.31. The second kappa shape index (κ2) is 4.84. The smallest absolute Gasteiger partial charge is 0.213 e. The van der Waals surface area contributed by atoms with Crippen LogP contribution in [-0.4, -0.2) is 18.1 Å². The van der Waals surface area contributed by atoms with Gasteiger partial charge in [0.2, 0.25) is 5.88 Å². The largest absolute Gasteiger partial charge is 0.481 e. The quantitative estimate of drug-likeness (QED) is 0.843. The molecule has 1 N–H and O–H groups in total. The van der Waals surface area contributed by atoms with Crippen LogP contribution in [0, 0.1) is 17.2 Å². The lowest BCUT2D eigenvalue weighted by Crippen LogP contribution is -2.22. The fraction of sp³-hybridized carbons (Fsp3) is 0.500. The van der Waals surface area contributed by atoms with Crippen LogP contribution < -0.4 is 10.1 Å². The summed E-state index contributed by atoms with van der Waals surface area (Å²) in [6.45, 7) is 0. The Labute approximate surface area is 95.3 Å². The molecule has 1 fully saturated rings. The van der Waals surface area contributed by atoms with Gasteiger partial charge in [-0.15, -0.1) is 0 Å². The summed E-state index contributed by atoms with van der Waals surface area (Å²) in [5.41, 5.74) is 0.952. The number of pyridine rings is 1. The Morgan fingerprint density at radius 2 is 2.38 bits per heavy atom. The van der Waals surface area contributed by atoms with E-state index in [4.69, 9.17) is 10.00 Å². The Morgan fingerprint density at radius 3 is 3.00 bits per heavy atom. The third-order valence-electron chi connectivity index (χ3n) is 2.98. The number of nitrogens with one attached hydrogen (secondary N) is 1. The monoisotopic (exact) mass is 217 g/mol. The Hall–Kier alpha value is -1.76. The minimum absolute atomic E-state index is 0.127. The molecule has 1 aromatic rings. The summed E-state index contributed by atoms with van der Waals surface area (Å²) in [5, 5.41) is 12.3. The number of nitrogens with zero attached hydrogens (tertiary/aromatic N) is 2. The Balaban J connectivity index is 2.01. The van der Waals surface area contributed by atoms with Crippen LogP contribution in [0.1, 0.15) is 19.3 Å². The molecule has 2 rings (SSSR count). The molecule has 0 bridgehead atoms. The van der Waals surface area contributed by atoms with Crippen LogP contribution in [0.15, 0.2) is 18.3 Å².